The van der Waals surface area contributed by atoms with Gasteiger partial charge in [0.2, 0.25) is 0 Å². The van der Waals surface area contributed by atoms with Crippen LogP contribution < -0.4 is 10.3 Å². The third-order valence-electron chi connectivity index (χ3n) is 5.51. The van der Waals surface area contributed by atoms with Crippen LogP contribution in [0.15, 0.2) is 102 Å². The van der Waals surface area contributed by atoms with E-state index in [9.17, 15) is 4.79 Å². The highest BCUT2D eigenvalue weighted by Gasteiger charge is 2.15. The number of aromatic amines is 1. The molecule has 0 fully saturated rings. The van der Waals surface area contributed by atoms with Gasteiger partial charge in [0.1, 0.15) is 5.75 Å². The normalized spacial score (nSPS) is 10.8. The van der Waals surface area contributed by atoms with Crippen molar-refractivity contribution < 1.29 is 4.74 Å². The Morgan fingerprint density at radius 1 is 0.848 bits per heavy atom. The Balaban J connectivity index is 1.56. The molecule has 33 heavy (non-hydrogen) atoms. The Morgan fingerprint density at radius 2 is 1.55 bits per heavy atom. The Morgan fingerprint density at radius 3 is 2.24 bits per heavy atom. The van der Waals surface area contributed by atoms with Crippen molar-refractivity contribution in [2.24, 2.45) is 0 Å². The average Bonchev–Trinajstić information content (AvgIpc) is 3.30. The first kappa shape index (κ1) is 20.5. The van der Waals surface area contributed by atoms with Crippen molar-refractivity contribution in [1.82, 2.24) is 20.0 Å². The number of nitrogens with one attached hydrogen (secondary N) is 1. The van der Waals surface area contributed by atoms with Gasteiger partial charge in [-0.1, -0.05) is 48.5 Å². The fourth-order valence-electron chi connectivity index (χ4n) is 3.78. The standard InChI is InChI=1S/C27H22N4O2/c1-33-24-14-12-19(13-15-24)25-17-21(27(32)29-28-25)16-22-18-31(23-10-6-3-7-11-23)30-26(22)20-8-4-2-5-9-20/h2-15,17-18H,16H2,1H3,(H,29,32). The zero-order valence-electron chi connectivity index (χ0n) is 18.1. The number of aromatic nitrogens is 4. The molecule has 5 rings (SSSR count). The molecule has 0 amide bonds. The van der Waals surface area contributed by atoms with Crippen LogP contribution in [0, 0.1) is 0 Å². The molecule has 0 atom stereocenters. The third kappa shape index (κ3) is 4.32. The summed E-state index contributed by atoms with van der Waals surface area (Å²) in [4.78, 5) is 12.7. The monoisotopic (exact) mass is 434 g/mol. The van der Waals surface area contributed by atoms with E-state index >= 15 is 0 Å². The number of rotatable bonds is 6. The summed E-state index contributed by atoms with van der Waals surface area (Å²) in [5.74, 6) is 0.768. The van der Waals surface area contributed by atoms with E-state index in [1.807, 2.05) is 102 Å². The molecule has 0 radical (unpaired) electrons. The molecule has 0 saturated heterocycles. The summed E-state index contributed by atoms with van der Waals surface area (Å²) >= 11 is 0. The predicted molar refractivity (Wildman–Crippen MR) is 129 cm³/mol. The second-order valence-corrected chi connectivity index (χ2v) is 7.66. The molecule has 0 aliphatic heterocycles. The molecule has 0 unspecified atom stereocenters. The first-order valence-corrected chi connectivity index (χ1v) is 10.6. The highest BCUT2D eigenvalue weighted by molar-refractivity contribution is 5.65. The molecule has 2 aromatic heterocycles. The van der Waals surface area contributed by atoms with Crippen molar-refractivity contribution in [1.29, 1.82) is 0 Å². The van der Waals surface area contributed by atoms with Gasteiger partial charge in [-0.25, -0.2) is 9.78 Å². The number of hydrogen-bond donors (Lipinski definition) is 1. The minimum atomic E-state index is -0.210. The van der Waals surface area contributed by atoms with Gasteiger partial charge in [0.05, 0.1) is 24.2 Å². The number of methoxy groups -OCH3 is 1. The first-order chi connectivity index (χ1) is 16.2. The molecule has 6 heteroatoms. The van der Waals surface area contributed by atoms with Crippen LogP contribution in [0.1, 0.15) is 11.1 Å². The predicted octanol–water partition coefficient (Wildman–Crippen LogP) is 4.89. The zero-order chi connectivity index (χ0) is 22.6. The topological polar surface area (TPSA) is 72.8 Å². The molecule has 2 heterocycles. The van der Waals surface area contributed by atoms with E-state index in [0.29, 0.717) is 17.7 Å². The lowest BCUT2D eigenvalue weighted by molar-refractivity contribution is 0.415. The number of ether oxygens (including phenoxy) is 1. The number of hydrogen-bond acceptors (Lipinski definition) is 4. The molecule has 0 bridgehead atoms. The molecule has 6 nitrogen and oxygen atoms in total. The lowest BCUT2D eigenvalue weighted by Gasteiger charge is -2.06. The highest BCUT2D eigenvalue weighted by Crippen LogP contribution is 2.26. The van der Waals surface area contributed by atoms with Crippen molar-refractivity contribution in [3.05, 3.63) is 119 Å². The fourth-order valence-corrected chi connectivity index (χ4v) is 3.78. The Labute approximate surface area is 191 Å². The Kier molecular flexibility index (Phi) is 5.55. The molecule has 0 spiro atoms. The average molecular weight is 434 g/mol. The van der Waals surface area contributed by atoms with Crippen LogP contribution in [0.3, 0.4) is 0 Å². The maximum Gasteiger partial charge on any atom is 0.267 e. The van der Waals surface area contributed by atoms with Crippen LogP contribution >= 0.6 is 0 Å². The van der Waals surface area contributed by atoms with Crippen molar-refractivity contribution in [2.45, 2.75) is 6.42 Å². The van der Waals surface area contributed by atoms with Crippen LogP contribution in [0.5, 0.6) is 5.75 Å². The minimum absolute atomic E-state index is 0.210. The lowest BCUT2D eigenvalue weighted by atomic mass is 10.0. The zero-order valence-corrected chi connectivity index (χ0v) is 18.1. The molecule has 162 valence electrons. The molecule has 3 aromatic carbocycles. The van der Waals surface area contributed by atoms with Crippen LogP contribution in [-0.4, -0.2) is 27.1 Å². The summed E-state index contributed by atoms with van der Waals surface area (Å²) in [5, 5.41) is 11.7. The third-order valence-corrected chi connectivity index (χ3v) is 5.51. The van der Waals surface area contributed by atoms with Crippen LogP contribution in [0.4, 0.5) is 0 Å². The number of para-hydroxylation sites is 1. The molecule has 1 N–H and O–H groups in total. The summed E-state index contributed by atoms with van der Waals surface area (Å²) < 4.78 is 7.09. The van der Waals surface area contributed by atoms with Crippen LogP contribution in [0.25, 0.3) is 28.2 Å². The van der Waals surface area contributed by atoms with E-state index < -0.39 is 0 Å². The molecule has 0 aliphatic carbocycles. The number of benzene rings is 3. The van der Waals surface area contributed by atoms with E-state index in [0.717, 1.165) is 33.8 Å². The first-order valence-electron chi connectivity index (χ1n) is 10.6. The van der Waals surface area contributed by atoms with E-state index in [-0.39, 0.29) is 5.56 Å². The number of nitrogens with zero attached hydrogens (tertiary/aromatic N) is 3. The largest absolute Gasteiger partial charge is 0.497 e. The Hall–Kier alpha value is -4.45. The van der Waals surface area contributed by atoms with Crippen molar-refractivity contribution in [3.63, 3.8) is 0 Å². The summed E-state index contributed by atoms with van der Waals surface area (Å²) in [5.41, 5.74) is 5.79. The second-order valence-electron chi connectivity index (χ2n) is 7.66. The van der Waals surface area contributed by atoms with Gasteiger partial charge < -0.3 is 4.74 Å². The van der Waals surface area contributed by atoms with Gasteiger partial charge in [-0.05, 0) is 42.5 Å². The van der Waals surface area contributed by atoms with Gasteiger partial charge in [0.25, 0.3) is 5.56 Å². The van der Waals surface area contributed by atoms with Gasteiger partial charge in [0.15, 0.2) is 0 Å². The fraction of sp³-hybridized carbons (Fsp3) is 0.0741. The van der Waals surface area contributed by atoms with E-state index in [4.69, 9.17) is 9.84 Å². The van der Waals surface area contributed by atoms with Crippen molar-refractivity contribution in [3.8, 4) is 34.0 Å². The Bertz CT molecular complexity index is 1420. The molecule has 0 aliphatic rings. The van der Waals surface area contributed by atoms with Crippen LogP contribution in [0.2, 0.25) is 0 Å². The van der Waals surface area contributed by atoms with Gasteiger partial charge in [0, 0.05) is 34.9 Å². The van der Waals surface area contributed by atoms with Gasteiger partial charge >= 0.3 is 0 Å². The lowest BCUT2D eigenvalue weighted by Crippen LogP contribution is -2.15. The minimum Gasteiger partial charge on any atom is -0.497 e. The van der Waals surface area contributed by atoms with E-state index in [2.05, 4.69) is 10.2 Å². The number of H-pyrrole nitrogens is 1. The molecular formula is C27H22N4O2. The molecule has 0 saturated carbocycles. The van der Waals surface area contributed by atoms with Crippen LogP contribution in [-0.2, 0) is 6.42 Å². The second kappa shape index (κ2) is 8.96. The van der Waals surface area contributed by atoms with Gasteiger partial charge in [-0.2, -0.15) is 10.2 Å². The van der Waals surface area contributed by atoms with E-state index in [1.165, 1.54) is 0 Å². The molecule has 5 aromatic rings. The maximum absolute atomic E-state index is 12.7. The molecular weight excluding hydrogens is 412 g/mol. The SMILES string of the molecule is COc1ccc(-c2cc(Cc3cn(-c4ccccc4)nc3-c3ccccc3)c(=O)[nH]n2)cc1. The summed E-state index contributed by atoms with van der Waals surface area (Å²) in [6.45, 7) is 0. The van der Waals surface area contributed by atoms with E-state index in [1.54, 1.807) is 7.11 Å². The van der Waals surface area contributed by atoms with Crippen molar-refractivity contribution >= 4 is 0 Å². The highest BCUT2D eigenvalue weighted by atomic mass is 16.5. The maximum atomic E-state index is 12.7. The summed E-state index contributed by atoms with van der Waals surface area (Å²) in [6, 6.07) is 29.4. The quantitative estimate of drug-likeness (QED) is 0.413. The van der Waals surface area contributed by atoms with Crippen molar-refractivity contribution in [2.75, 3.05) is 7.11 Å². The van der Waals surface area contributed by atoms with Gasteiger partial charge in [-0.3, -0.25) is 4.79 Å². The van der Waals surface area contributed by atoms with Gasteiger partial charge in [-0.15, -0.1) is 0 Å². The summed E-state index contributed by atoms with van der Waals surface area (Å²) in [6.07, 6.45) is 2.42. The summed E-state index contributed by atoms with van der Waals surface area (Å²) in [7, 11) is 1.63. The smallest absolute Gasteiger partial charge is 0.267 e.